The molecule has 0 spiro atoms. The maximum Gasteiger partial charge on any atom is 0.136 e. The summed E-state index contributed by atoms with van der Waals surface area (Å²) >= 11 is 1.83. The van der Waals surface area contributed by atoms with E-state index in [4.69, 9.17) is 9.40 Å². The number of nitrogens with zero attached hydrogens (tertiary/aromatic N) is 2. The van der Waals surface area contributed by atoms with Crippen LogP contribution in [0.25, 0.3) is 98.3 Å². The van der Waals surface area contributed by atoms with E-state index in [1.807, 2.05) is 17.8 Å². The maximum atomic E-state index is 6.51. The zero-order chi connectivity index (χ0) is 37.2. The van der Waals surface area contributed by atoms with Crippen molar-refractivity contribution in [2.24, 2.45) is 0 Å². The third-order valence-corrected chi connectivity index (χ3v) is 13.1. The lowest BCUT2D eigenvalue weighted by Crippen LogP contribution is -2.14. The summed E-state index contributed by atoms with van der Waals surface area (Å²) in [5.74, 6) is 0. The molecule has 0 amide bonds. The van der Waals surface area contributed by atoms with Crippen molar-refractivity contribution in [1.82, 2.24) is 4.98 Å². The van der Waals surface area contributed by atoms with Gasteiger partial charge in [-0.2, -0.15) is 0 Å². The largest absolute Gasteiger partial charge is 0.456 e. The van der Waals surface area contributed by atoms with Crippen LogP contribution in [-0.2, 0) is 0 Å². The molecular weight excluding hydrogens is 713 g/mol. The molecule has 12 aromatic rings. The van der Waals surface area contributed by atoms with Gasteiger partial charge in [-0.1, -0.05) is 127 Å². The molecule has 4 heteroatoms. The van der Waals surface area contributed by atoms with Gasteiger partial charge in [0.15, 0.2) is 0 Å². The first-order chi connectivity index (χ1) is 28.2. The first-order valence-corrected chi connectivity index (χ1v) is 20.2. The Hall–Kier alpha value is -7.14. The lowest BCUT2D eigenvalue weighted by molar-refractivity contribution is 0.669. The van der Waals surface area contributed by atoms with E-state index in [1.165, 1.54) is 58.9 Å². The minimum Gasteiger partial charge on any atom is -0.456 e. The fourth-order valence-corrected chi connectivity index (χ4v) is 10.5. The summed E-state index contributed by atoms with van der Waals surface area (Å²) in [5.41, 5.74) is 10.7. The van der Waals surface area contributed by atoms with Crippen LogP contribution in [0.1, 0.15) is 0 Å². The van der Waals surface area contributed by atoms with Gasteiger partial charge in [0.25, 0.3) is 0 Å². The second kappa shape index (κ2) is 11.7. The van der Waals surface area contributed by atoms with E-state index in [0.29, 0.717) is 0 Å². The van der Waals surface area contributed by atoms with Crippen LogP contribution in [0.2, 0.25) is 0 Å². The number of furan rings is 1. The molecule has 0 saturated heterocycles. The average molecular weight is 743 g/mol. The third kappa shape index (κ3) is 4.47. The van der Waals surface area contributed by atoms with Gasteiger partial charge in [-0.05, 0) is 110 Å². The smallest absolute Gasteiger partial charge is 0.136 e. The van der Waals surface area contributed by atoms with Gasteiger partial charge in [0.1, 0.15) is 11.2 Å². The van der Waals surface area contributed by atoms with Gasteiger partial charge in [0.05, 0.1) is 22.6 Å². The van der Waals surface area contributed by atoms with E-state index in [0.717, 1.165) is 66.3 Å². The summed E-state index contributed by atoms with van der Waals surface area (Å²) in [6.45, 7) is 0. The molecule has 0 atom stereocenters. The predicted molar refractivity (Wildman–Crippen MR) is 240 cm³/mol. The van der Waals surface area contributed by atoms with Crippen LogP contribution in [0.3, 0.4) is 0 Å². The molecule has 0 radical (unpaired) electrons. The van der Waals surface area contributed by atoms with E-state index >= 15 is 0 Å². The molecule has 3 nitrogen and oxygen atoms in total. The standard InChI is InChI=1S/C53H30N2OS/c1-4-13-45-39(10-1)52-46(56-45)29-27-40-51(52)41-30-35(31-18-23-36(24-19-31)55-43-11-2-5-14-47(43)57-48-15-6-3-12-44(48)55)22-28-42(41)54-53(40)38-26-21-34-17-16-32-8-7-9-33-20-25-37(38)50(34)49(32)33/h1-30H. The first-order valence-electron chi connectivity index (χ1n) is 19.4. The van der Waals surface area contributed by atoms with Crippen molar-refractivity contribution in [3.8, 4) is 22.4 Å². The molecular formula is C53H30N2OS. The Morgan fingerprint density at radius 1 is 0.421 bits per heavy atom. The number of para-hydroxylation sites is 3. The van der Waals surface area contributed by atoms with Gasteiger partial charge in [0.2, 0.25) is 0 Å². The highest BCUT2D eigenvalue weighted by Gasteiger charge is 2.25. The molecule has 1 aliphatic rings. The molecule has 0 fully saturated rings. The van der Waals surface area contributed by atoms with Gasteiger partial charge in [-0.25, -0.2) is 4.98 Å². The van der Waals surface area contributed by atoms with E-state index in [1.54, 1.807) is 0 Å². The zero-order valence-corrected chi connectivity index (χ0v) is 31.3. The minimum atomic E-state index is 0.882. The molecule has 1 aliphatic heterocycles. The SMILES string of the molecule is c1ccc2c(c1)Sc1ccccc1N2c1ccc(-c2ccc3nc(-c4ccc5ccc6cccc7ccc4c5c67)c4ccc5oc6ccccc6c5c4c3c2)cc1. The van der Waals surface area contributed by atoms with Crippen LogP contribution in [0.5, 0.6) is 0 Å². The van der Waals surface area contributed by atoms with Gasteiger partial charge in [-0.3, -0.25) is 0 Å². The van der Waals surface area contributed by atoms with Crippen LogP contribution in [-0.4, -0.2) is 4.98 Å². The van der Waals surface area contributed by atoms with E-state index in [2.05, 4.69) is 181 Å². The topological polar surface area (TPSA) is 29.3 Å². The number of anilines is 3. The molecule has 10 aromatic carbocycles. The van der Waals surface area contributed by atoms with Crippen molar-refractivity contribution < 1.29 is 4.42 Å². The molecule has 13 rings (SSSR count). The molecule has 3 heterocycles. The van der Waals surface area contributed by atoms with Gasteiger partial charge >= 0.3 is 0 Å². The Balaban J connectivity index is 1.03. The molecule has 0 saturated carbocycles. The van der Waals surface area contributed by atoms with Crippen molar-refractivity contribution in [3.63, 3.8) is 0 Å². The van der Waals surface area contributed by atoms with Crippen molar-refractivity contribution >= 4 is 105 Å². The minimum absolute atomic E-state index is 0.882. The molecule has 0 aliphatic carbocycles. The van der Waals surface area contributed by atoms with Gasteiger partial charge in [0, 0.05) is 48.0 Å². The Kier molecular flexibility index (Phi) is 6.38. The average Bonchev–Trinajstić information content (AvgIpc) is 3.66. The van der Waals surface area contributed by atoms with E-state index in [9.17, 15) is 0 Å². The number of benzene rings is 10. The highest BCUT2D eigenvalue weighted by atomic mass is 32.2. The second-order valence-corrected chi connectivity index (χ2v) is 16.1. The quantitative estimate of drug-likeness (QED) is 0.169. The van der Waals surface area contributed by atoms with Crippen molar-refractivity contribution in [2.75, 3.05) is 4.90 Å². The maximum absolute atomic E-state index is 6.51. The number of pyridine rings is 1. The van der Waals surface area contributed by atoms with Crippen LogP contribution < -0.4 is 4.90 Å². The van der Waals surface area contributed by atoms with Crippen LogP contribution in [0, 0.1) is 0 Å². The Labute approximate surface area is 331 Å². The van der Waals surface area contributed by atoms with E-state index in [-0.39, 0.29) is 0 Å². The highest BCUT2D eigenvalue weighted by molar-refractivity contribution is 7.99. The molecule has 0 bridgehead atoms. The summed E-state index contributed by atoms with van der Waals surface area (Å²) in [7, 11) is 0. The monoisotopic (exact) mass is 742 g/mol. The summed E-state index contributed by atoms with van der Waals surface area (Å²) in [4.78, 5) is 10.4. The van der Waals surface area contributed by atoms with Crippen molar-refractivity contribution in [3.05, 3.63) is 182 Å². The lowest BCUT2D eigenvalue weighted by atomic mass is 9.89. The predicted octanol–water partition coefficient (Wildman–Crippen LogP) is 15.5. The third-order valence-electron chi connectivity index (χ3n) is 12.0. The lowest BCUT2D eigenvalue weighted by Gasteiger charge is -2.32. The molecule has 57 heavy (non-hydrogen) atoms. The summed E-state index contributed by atoms with van der Waals surface area (Å²) < 4.78 is 6.51. The van der Waals surface area contributed by atoms with Crippen LogP contribution >= 0.6 is 11.8 Å². The van der Waals surface area contributed by atoms with Crippen LogP contribution in [0.15, 0.2) is 196 Å². The Morgan fingerprint density at radius 3 is 1.89 bits per heavy atom. The summed E-state index contributed by atoms with van der Waals surface area (Å²) in [5, 5.41) is 13.2. The van der Waals surface area contributed by atoms with Crippen LogP contribution in [0.4, 0.5) is 17.1 Å². The highest BCUT2D eigenvalue weighted by Crippen LogP contribution is 2.51. The number of hydrogen-bond donors (Lipinski definition) is 0. The normalized spacial score (nSPS) is 12.8. The zero-order valence-electron chi connectivity index (χ0n) is 30.5. The number of rotatable bonds is 3. The summed E-state index contributed by atoms with van der Waals surface area (Å²) in [6.07, 6.45) is 0. The van der Waals surface area contributed by atoms with E-state index < -0.39 is 0 Å². The molecule has 0 unspecified atom stereocenters. The fraction of sp³-hybridized carbons (Fsp3) is 0. The molecule has 264 valence electrons. The number of hydrogen-bond acceptors (Lipinski definition) is 4. The molecule has 0 N–H and O–H groups in total. The van der Waals surface area contributed by atoms with Crippen molar-refractivity contribution in [1.29, 1.82) is 0 Å². The fourth-order valence-electron chi connectivity index (χ4n) is 9.42. The number of fused-ring (bicyclic) bond motifs is 9. The summed E-state index contributed by atoms with van der Waals surface area (Å²) in [6, 6.07) is 66.0. The van der Waals surface area contributed by atoms with Gasteiger partial charge in [-0.15, -0.1) is 0 Å². The van der Waals surface area contributed by atoms with Crippen molar-refractivity contribution in [2.45, 2.75) is 9.79 Å². The second-order valence-electron chi connectivity index (χ2n) is 15.0. The number of aromatic nitrogens is 1. The molecule has 2 aromatic heterocycles. The Bertz CT molecular complexity index is 3560. The first kappa shape index (κ1) is 31.1. The van der Waals surface area contributed by atoms with Gasteiger partial charge < -0.3 is 9.32 Å². The Morgan fingerprint density at radius 2 is 1.09 bits per heavy atom.